The lowest BCUT2D eigenvalue weighted by Crippen LogP contribution is -2.33. The highest BCUT2D eigenvalue weighted by Crippen LogP contribution is 2.30. The van der Waals surface area contributed by atoms with Gasteiger partial charge in [0.25, 0.3) is 0 Å². The summed E-state index contributed by atoms with van der Waals surface area (Å²) in [5, 5.41) is 12.0. The van der Waals surface area contributed by atoms with E-state index in [1.54, 1.807) is 0 Å². The van der Waals surface area contributed by atoms with E-state index in [2.05, 4.69) is 34.7 Å². The Balaban J connectivity index is 1.91. The summed E-state index contributed by atoms with van der Waals surface area (Å²) < 4.78 is 7.44. The molecule has 2 aromatic rings. The Labute approximate surface area is 125 Å². The van der Waals surface area contributed by atoms with Crippen molar-refractivity contribution in [1.29, 1.82) is 0 Å². The molecule has 5 heteroatoms. The van der Waals surface area contributed by atoms with Crippen LogP contribution in [0.1, 0.15) is 31.5 Å². The van der Waals surface area contributed by atoms with Crippen LogP contribution in [0.3, 0.4) is 0 Å². The molecule has 1 unspecified atom stereocenters. The average molecular weight is 286 g/mol. The molecule has 1 saturated heterocycles. The van der Waals surface area contributed by atoms with Crippen LogP contribution in [0.5, 0.6) is 0 Å². The predicted molar refractivity (Wildman–Crippen MR) is 81.3 cm³/mol. The van der Waals surface area contributed by atoms with Crippen molar-refractivity contribution < 1.29 is 4.74 Å². The lowest BCUT2D eigenvalue weighted by atomic mass is 9.89. The molecule has 0 radical (unpaired) electrons. The maximum absolute atomic E-state index is 5.49. The van der Waals surface area contributed by atoms with Gasteiger partial charge in [-0.3, -0.25) is 0 Å². The minimum Gasteiger partial charge on any atom is -0.381 e. The van der Waals surface area contributed by atoms with Gasteiger partial charge in [-0.25, -0.2) is 4.68 Å². The molecule has 0 amide bonds. The number of para-hydroxylation sites is 1. The fraction of sp³-hybridized carbons (Fsp3) is 0.500. The molecule has 1 atom stereocenters. The molecule has 0 saturated carbocycles. The summed E-state index contributed by atoms with van der Waals surface area (Å²) >= 11 is 0. The summed E-state index contributed by atoms with van der Waals surface area (Å²) in [7, 11) is 0. The standard InChI is InChI=1S/C16H22N4O/c1-2-17-16(13-8-10-21-11-9-13)15-12-18-19-20(15)14-6-4-3-5-7-14/h3-7,12-13,16-17H,2,8-11H2,1H3. The minimum absolute atomic E-state index is 0.272. The SMILES string of the molecule is CCNC(c1cnnn1-c1ccccc1)C1CCOCC1. The first-order valence-electron chi connectivity index (χ1n) is 7.67. The molecule has 1 aliphatic heterocycles. The second-order valence-corrected chi connectivity index (χ2v) is 5.39. The molecular formula is C16H22N4O. The Bertz CT molecular complexity index is 548. The summed E-state index contributed by atoms with van der Waals surface area (Å²) in [4.78, 5) is 0. The van der Waals surface area contributed by atoms with Crippen molar-refractivity contribution in [2.24, 2.45) is 5.92 Å². The highest BCUT2D eigenvalue weighted by molar-refractivity contribution is 5.32. The van der Waals surface area contributed by atoms with Crippen molar-refractivity contribution in [2.45, 2.75) is 25.8 Å². The first-order chi connectivity index (χ1) is 10.4. The van der Waals surface area contributed by atoms with Crippen molar-refractivity contribution in [1.82, 2.24) is 20.3 Å². The Morgan fingerprint density at radius 1 is 1.29 bits per heavy atom. The van der Waals surface area contributed by atoms with Gasteiger partial charge in [-0.2, -0.15) is 0 Å². The van der Waals surface area contributed by atoms with Gasteiger partial charge in [-0.05, 0) is 37.4 Å². The third-order valence-electron chi connectivity index (χ3n) is 4.06. The number of hydrogen-bond acceptors (Lipinski definition) is 4. The van der Waals surface area contributed by atoms with Crippen LogP contribution >= 0.6 is 0 Å². The van der Waals surface area contributed by atoms with Crippen molar-refractivity contribution >= 4 is 0 Å². The van der Waals surface area contributed by atoms with E-state index in [1.807, 2.05) is 29.1 Å². The maximum atomic E-state index is 5.49. The van der Waals surface area contributed by atoms with Crippen molar-refractivity contribution in [3.8, 4) is 5.69 Å². The lowest BCUT2D eigenvalue weighted by molar-refractivity contribution is 0.0530. The van der Waals surface area contributed by atoms with E-state index in [4.69, 9.17) is 4.74 Å². The fourth-order valence-corrected chi connectivity index (χ4v) is 3.01. The van der Waals surface area contributed by atoms with E-state index in [1.165, 1.54) is 0 Å². The molecule has 1 aromatic heterocycles. The van der Waals surface area contributed by atoms with Gasteiger partial charge in [0, 0.05) is 13.2 Å². The van der Waals surface area contributed by atoms with E-state index in [9.17, 15) is 0 Å². The number of nitrogens with one attached hydrogen (secondary N) is 1. The molecule has 0 spiro atoms. The van der Waals surface area contributed by atoms with Crippen molar-refractivity contribution in [3.63, 3.8) is 0 Å². The normalized spacial score (nSPS) is 17.8. The molecule has 0 aliphatic carbocycles. The van der Waals surface area contributed by atoms with Crippen LogP contribution in [0.2, 0.25) is 0 Å². The molecule has 2 heterocycles. The summed E-state index contributed by atoms with van der Waals surface area (Å²) in [6, 6.07) is 10.5. The molecular weight excluding hydrogens is 264 g/mol. The van der Waals surface area contributed by atoms with Crippen LogP contribution < -0.4 is 5.32 Å². The van der Waals surface area contributed by atoms with Crippen LogP contribution in [-0.4, -0.2) is 34.8 Å². The summed E-state index contributed by atoms with van der Waals surface area (Å²) in [5.41, 5.74) is 2.19. The minimum atomic E-state index is 0.272. The smallest absolute Gasteiger partial charge is 0.0818 e. The number of hydrogen-bond donors (Lipinski definition) is 1. The van der Waals surface area contributed by atoms with Gasteiger partial charge in [-0.15, -0.1) is 5.10 Å². The number of nitrogens with zero attached hydrogens (tertiary/aromatic N) is 3. The van der Waals surface area contributed by atoms with Gasteiger partial charge >= 0.3 is 0 Å². The van der Waals surface area contributed by atoms with Gasteiger partial charge in [0.2, 0.25) is 0 Å². The third-order valence-corrected chi connectivity index (χ3v) is 4.06. The zero-order valence-corrected chi connectivity index (χ0v) is 12.4. The Morgan fingerprint density at radius 3 is 2.76 bits per heavy atom. The molecule has 1 aliphatic rings. The molecule has 5 nitrogen and oxygen atoms in total. The molecule has 21 heavy (non-hydrogen) atoms. The Morgan fingerprint density at radius 2 is 2.05 bits per heavy atom. The second-order valence-electron chi connectivity index (χ2n) is 5.39. The second kappa shape index (κ2) is 6.83. The van der Waals surface area contributed by atoms with Gasteiger partial charge in [0.1, 0.15) is 0 Å². The highest BCUT2D eigenvalue weighted by Gasteiger charge is 2.28. The molecule has 1 N–H and O–H groups in total. The summed E-state index contributed by atoms with van der Waals surface area (Å²) in [5.74, 6) is 0.569. The van der Waals surface area contributed by atoms with E-state index in [-0.39, 0.29) is 6.04 Å². The maximum Gasteiger partial charge on any atom is 0.0818 e. The topological polar surface area (TPSA) is 52.0 Å². The zero-order chi connectivity index (χ0) is 14.5. The van der Waals surface area contributed by atoms with E-state index in [0.717, 1.165) is 44.0 Å². The highest BCUT2D eigenvalue weighted by atomic mass is 16.5. The average Bonchev–Trinajstić information content (AvgIpc) is 3.03. The molecule has 0 bridgehead atoms. The van der Waals surface area contributed by atoms with Crippen molar-refractivity contribution in [2.75, 3.05) is 19.8 Å². The van der Waals surface area contributed by atoms with E-state index >= 15 is 0 Å². The third kappa shape index (κ3) is 3.14. The molecule has 112 valence electrons. The van der Waals surface area contributed by atoms with E-state index in [0.29, 0.717) is 5.92 Å². The first kappa shape index (κ1) is 14.2. The van der Waals surface area contributed by atoms with Crippen LogP contribution in [0.15, 0.2) is 36.5 Å². The molecule has 1 fully saturated rings. The molecule has 3 rings (SSSR count). The van der Waals surface area contributed by atoms with Crippen molar-refractivity contribution in [3.05, 3.63) is 42.2 Å². The first-order valence-corrected chi connectivity index (χ1v) is 7.67. The summed E-state index contributed by atoms with van der Waals surface area (Å²) in [6.45, 7) is 4.77. The monoisotopic (exact) mass is 286 g/mol. The number of benzene rings is 1. The fourth-order valence-electron chi connectivity index (χ4n) is 3.01. The Kier molecular flexibility index (Phi) is 4.62. The largest absolute Gasteiger partial charge is 0.381 e. The number of aromatic nitrogens is 3. The molecule has 1 aromatic carbocycles. The van der Waals surface area contributed by atoms with Crippen LogP contribution in [0, 0.1) is 5.92 Å². The Hall–Kier alpha value is -1.72. The zero-order valence-electron chi connectivity index (χ0n) is 12.4. The summed E-state index contributed by atoms with van der Waals surface area (Å²) in [6.07, 6.45) is 4.05. The number of ether oxygens (including phenoxy) is 1. The van der Waals surface area contributed by atoms with Gasteiger partial charge in [0.15, 0.2) is 0 Å². The predicted octanol–water partition coefficient (Wildman–Crippen LogP) is 2.34. The number of rotatable bonds is 5. The van der Waals surface area contributed by atoms with E-state index < -0.39 is 0 Å². The van der Waals surface area contributed by atoms with Gasteiger partial charge < -0.3 is 10.1 Å². The quantitative estimate of drug-likeness (QED) is 0.916. The van der Waals surface area contributed by atoms with Crippen LogP contribution in [0.4, 0.5) is 0 Å². The van der Waals surface area contributed by atoms with Gasteiger partial charge in [-0.1, -0.05) is 30.3 Å². The van der Waals surface area contributed by atoms with Crippen LogP contribution in [0.25, 0.3) is 5.69 Å². The van der Waals surface area contributed by atoms with Gasteiger partial charge in [0.05, 0.1) is 23.6 Å². The lowest BCUT2D eigenvalue weighted by Gasteiger charge is -2.30. The van der Waals surface area contributed by atoms with Crippen LogP contribution in [-0.2, 0) is 4.74 Å².